The summed E-state index contributed by atoms with van der Waals surface area (Å²) < 4.78 is 0. The zero-order valence-electron chi connectivity index (χ0n) is 11.1. The molecule has 0 aliphatic rings. The lowest BCUT2D eigenvalue weighted by Crippen LogP contribution is -2.14. The first-order valence-corrected chi connectivity index (χ1v) is 5.64. The molecule has 4 nitrogen and oxygen atoms in total. The van der Waals surface area contributed by atoms with Crippen LogP contribution in [0.1, 0.15) is 31.9 Å². The molecule has 1 rings (SSSR count). The number of nitrogens with zero attached hydrogens (tertiary/aromatic N) is 3. The van der Waals surface area contributed by atoms with Gasteiger partial charge in [0, 0.05) is 0 Å². The highest BCUT2D eigenvalue weighted by Gasteiger charge is 2.18. The summed E-state index contributed by atoms with van der Waals surface area (Å²) in [4.78, 5) is 0. The van der Waals surface area contributed by atoms with Crippen molar-refractivity contribution in [1.29, 1.82) is 10.5 Å². The predicted octanol–water partition coefficient (Wildman–Crippen LogP) is 3.11. The van der Waals surface area contributed by atoms with Gasteiger partial charge >= 0.3 is 0 Å². The molecule has 0 saturated carbocycles. The molecule has 0 fully saturated rings. The average Bonchev–Trinajstić information content (AvgIpc) is 2.30. The van der Waals surface area contributed by atoms with E-state index in [2.05, 4.69) is 31.3 Å². The van der Waals surface area contributed by atoms with Gasteiger partial charge in [0.2, 0.25) is 5.71 Å². The molecule has 4 heteroatoms. The maximum atomic E-state index is 8.66. The zero-order chi connectivity index (χ0) is 13.8. The van der Waals surface area contributed by atoms with Gasteiger partial charge in [-0.25, -0.2) is 0 Å². The summed E-state index contributed by atoms with van der Waals surface area (Å²) in [6, 6.07) is 9.42. The van der Waals surface area contributed by atoms with E-state index < -0.39 is 0 Å². The molecule has 0 amide bonds. The summed E-state index contributed by atoms with van der Waals surface area (Å²) in [5.74, 6) is 0. The number of nitrogens with one attached hydrogen (secondary N) is 1. The van der Waals surface area contributed by atoms with Gasteiger partial charge < -0.3 is 0 Å². The number of hydrogen-bond donors (Lipinski definition) is 1. The van der Waals surface area contributed by atoms with Gasteiger partial charge in [0.1, 0.15) is 12.1 Å². The molecule has 0 spiro atoms. The van der Waals surface area contributed by atoms with Crippen molar-refractivity contribution in [3.8, 4) is 12.1 Å². The number of para-hydroxylation sites is 1. The van der Waals surface area contributed by atoms with E-state index in [1.54, 1.807) is 12.1 Å². The van der Waals surface area contributed by atoms with Gasteiger partial charge in [-0.05, 0) is 23.5 Å². The van der Waals surface area contributed by atoms with Crippen LogP contribution >= 0.6 is 0 Å². The standard InChI is InChI=1S/C14H16N4/c1-10-6-5-7-12(14(2,3)4)13(10)18-17-11(8-15)9-16/h5-7,18H,1-4H3. The molecule has 0 radical (unpaired) electrons. The number of hydrogen-bond acceptors (Lipinski definition) is 4. The maximum absolute atomic E-state index is 8.66. The van der Waals surface area contributed by atoms with Gasteiger partial charge in [0.25, 0.3) is 0 Å². The molecule has 0 unspecified atom stereocenters. The molecule has 0 heterocycles. The van der Waals surface area contributed by atoms with Crippen molar-refractivity contribution < 1.29 is 0 Å². The lowest BCUT2D eigenvalue weighted by molar-refractivity contribution is 0.591. The van der Waals surface area contributed by atoms with E-state index in [4.69, 9.17) is 10.5 Å². The fourth-order valence-electron chi connectivity index (χ4n) is 1.63. The van der Waals surface area contributed by atoms with Crippen LogP contribution in [0.15, 0.2) is 23.3 Å². The molecule has 1 N–H and O–H groups in total. The van der Waals surface area contributed by atoms with Crippen molar-refractivity contribution in [1.82, 2.24) is 0 Å². The van der Waals surface area contributed by atoms with Gasteiger partial charge in [0.15, 0.2) is 0 Å². The molecule has 92 valence electrons. The molecular weight excluding hydrogens is 224 g/mol. The molecule has 0 aliphatic carbocycles. The Labute approximate surface area is 108 Å². The van der Waals surface area contributed by atoms with Crippen molar-refractivity contribution in [3.63, 3.8) is 0 Å². The Balaban J connectivity index is 3.22. The molecule has 0 saturated heterocycles. The second-order valence-corrected chi connectivity index (χ2v) is 5.04. The lowest BCUT2D eigenvalue weighted by atomic mass is 9.85. The van der Waals surface area contributed by atoms with Crippen LogP contribution in [0.5, 0.6) is 0 Å². The summed E-state index contributed by atoms with van der Waals surface area (Å²) in [5, 5.41) is 21.1. The van der Waals surface area contributed by atoms with Gasteiger partial charge in [-0.1, -0.05) is 39.0 Å². The smallest absolute Gasteiger partial charge is 0.237 e. The fourth-order valence-corrected chi connectivity index (χ4v) is 1.63. The topological polar surface area (TPSA) is 72.0 Å². The summed E-state index contributed by atoms with van der Waals surface area (Å²) in [6.07, 6.45) is 0. The van der Waals surface area contributed by atoms with Crippen molar-refractivity contribution in [3.05, 3.63) is 29.3 Å². The van der Waals surface area contributed by atoms with Crippen molar-refractivity contribution in [2.45, 2.75) is 33.1 Å². The Kier molecular flexibility index (Phi) is 4.07. The van der Waals surface area contributed by atoms with Gasteiger partial charge in [-0.15, -0.1) is 0 Å². The Morgan fingerprint density at radius 1 is 1.22 bits per heavy atom. The molecule has 0 bridgehead atoms. The second-order valence-electron chi connectivity index (χ2n) is 5.04. The van der Waals surface area contributed by atoms with Gasteiger partial charge in [0.05, 0.1) is 5.69 Å². The number of rotatable bonds is 2. The van der Waals surface area contributed by atoms with E-state index in [0.29, 0.717) is 0 Å². The minimum Gasteiger partial charge on any atom is -0.276 e. The third-order valence-electron chi connectivity index (χ3n) is 2.57. The lowest BCUT2D eigenvalue weighted by Gasteiger charge is -2.23. The zero-order valence-corrected chi connectivity index (χ0v) is 11.1. The first kappa shape index (κ1) is 13.7. The third-order valence-corrected chi connectivity index (χ3v) is 2.57. The van der Waals surface area contributed by atoms with E-state index in [9.17, 15) is 0 Å². The molecule has 1 aromatic carbocycles. The monoisotopic (exact) mass is 240 g/mol. The molecule has 0 aliphatic heterocycles. The Bertz CT molecular complexity index is 535. The van der Waals surface area contributed by atoms with E-state index in [-0.39, 0.29) is 11.1 Å². The number of anilines is 1. The summed E-state index contributed by atoms with van der Waals surface area (Å²) in [6.45, 7) is 8.27. The quantitative estimate of drug-likeness (QED) is 0.637. The number of nitriles is 2. The first-order valence-electron chi connectivity index (χ1n) is 5.64. The minimum absolute atomic E-state index is 0.0384. The fraction of sp³-hybridized carbons (Fsp3) is 0.357. The van der Waals surface area contributed by atoms with Crippen LogP contribution in [0, 0.1) is 29.6 Å². The van der Waals surface area contributed by atoms with Crippen LogP contribution in [0.25, 0.3) is 0 Å². The van der Waals surface area contributed by atoms with Crippen molar-refractivity contribution in [2.24, 2.45) is 5.10 Å². The maximum Gasteiger partial charge on any atom is 0.237 e. The normalized spacial score (nSPS) is 10.1. The first-order chi connectivity index (χ1) is 8.40. The van der Waals surface area contributed by atoms with E-state index in [0.717, 1.165) is 16.8 Å². The second kappa shape index (κ2) is 5.33. The van der Waals surface area contributed by atoms with Gasteiger partial charge in [-0.3, -0.25) is 5.43 Å². The Morgan fingerprint density at radius 2 is 1.83 bits per heavy atom. The summed E-state index contributed by atoms with van der Waals surface area (Å²) in [5.41, 5.74) is 5.59. The third kappa shape index (κ3) is 3.09. The summed E-state index contributed by atoms with van der Waals surface area (Å²) >= 11 is 0. The highest BCUT2D eigenvalue weighted by Crippen LogP contribution is 2.31. The molecule has 18 heavy (non-hydrogen) atoms. The largest absolute Gasteiger partial charge is 0.276 e. The number of benzene rings is 1. The average molecular weight is 240 g/mol. The molecule has 1 aromatic rings. The van der Waals surface area contributed by atoms with E-state index in [1.807, 2.05) is 25.1 Å². The number of hydrazone groups is 1. The van der Waals surface area contributed by atoms with Crippen LogP contribution in [-0.2, 0) is 5.41 Å². The van der Waals surface area contributed by atoms with E-state index >= 15 is 0 Å². The SMILES string of the molecule is Cc1cccc(C(C)(C)C)c1NN=C(C#N)C#N. The van der Waals surface area contributed by atoms with Crippen molar-refractivity contribution in [2.75, 3.05) is 5.43 Å². The van der Waals surface area contributed by atoms with E-state index in [1.165, 1.54) is 0 Å². The predicted molar refractivity (Wildman–Crippen MR) is 72.2 cm³/mol. The van der Waals surface area contributed by atoms with Gasteiger partial charge in [-0.2, -0.15) is 15.6 Å². The van der Waals surface area contributed by atoms with Crippen LogP contribution in [0.2, 0.25) is 0 Å². The Morgan fingerprint density at radius 3 is 2.33 bits per heavy atom. The minimum atomic E-state index is -0.182. The van der Waals surface area contributed by atoms with Crippen molar-refractivity contribution >= 4 is 11.4 Å². The highest BCUT2D eigenvalue weighted by molar-refractivity contribution is 6.10. The van der Waals surface area contributed by atoms with Crippen LogP contribution in [0.3, 0.4) is 0 Å². The highest BCUT2D eigenvalue weighted by atomic mass is 15.3. The van der Waals surface area contributed by atoms with Crippen LogP contribution in [-0.4, -0.2) is 5.71 Å². The van der Waals surface area contributed by atoms with Crippen LogP contribution < -0.4 is 5.43 Å². The number of aryl methyl sites for hydroxylation is 1. The molecule has 0 atom stereocenters. The molecular formula is C14H16N4. The van der Waals surface area contributed by atoms with Crippen LogP contribution in [0.4, 0.5) is 5.69 Å². The summed E-state index contributed by atoms with van der Waals surface area (Å²) in [7, 11) is 0. The Hall–Kier alpha value is -2.33. The molecule has 0 aromatic heterocycles.